The minimum atomic E-state index is -0.896. The second-order valence-corrected chi connectivity index (χ2v) is 10.9. The zero-order valence-electron chi connectivity index (χ0n) is 24.7. The quantitative estimate of drug-likeness (QED) is 0.221. The first-order valence-electron chi connectivity index (χ1n) is 13.9. The van der Waals surface area contributed by atoms with Crippen LogP contribution in [0, 0.1) is 0 Å². The first-order chi connectivity index (χ1) is 20.9. The van der Waals surface area contributed by atoms with Gasteiger partial charge in [-0.1, -0.05) is 6.07 Å². The normalized spacial score (nSPS) is 15.9. The van der Waals surface area contributed by atoms with Gasteiger partial charge in [0.1, 0.15) is 22.5 Å². The first-order valence-corrected chi connectivity index (χ1v) is 13.9. The Hall–Kier alpha value is -5.10. The van der Waals surface area contributed by atoms with E-state index in [1.807, 2.05) is 27.7 Å². The van der Waals surface area contributed by atoms with Crippen LogP contribution in [0.25, 0.3) is 22.3 Å². The number of aromatic hydroxyl groups is 3. The Balaban J connectivity index is 1.54. The maximum atomic E-state index is 13.2. The van der Waals surface area contributed by atoms with Gasteiger partial charge < -0.3 is 48.7 Å². The predicted octanol–water partition coefficient (Wildman–Crippen LogP) is 5.08. The molecule has 0 saturated heterocycles. The van der Waals surface area contributed by atoms with Gasteiger partial charge in [0.05, 0.1) is 13.7 Å². The van der Waals surface area contributed by atoms with Gasteiger partial charge in [0.25, 0.3) is 0 Å². The lowest BCUT2D eigenvalue weighted by molar-refractivity contribution is -0.0123. The van der Waals surface area contributed by atoms with Crippen LogP contribution < -0.4 is 24.4 Å². The van der Waals surface area contributed by atoms with Crippen molar-refractivity contribution in [2.24, 2.45) is 0 Å². The summed E-state index contributed by atoms with van der Waals surface area (Å²) < 4.78 is 28.8. The van der Waals surface area contributed by atoms with Crippen molar-refractivity contribution in [1.82, 2.24) is 4.90 Å². The van der Waals surface area contributed by atoms with Crippen molar-refractivity contribution in [2.75, 3.05) is 13.7 Å². The molecular formula is C32H33NO11. The molecule has 0 fully saturated rings. The van der Waals surface area contributed by atoms with Crippen molar-refractivity contribution in [3.63, 3.8) is 0 Å². The third-order valence-electron chi connectivity index (χ3n) is 7.24. The molecule has 44 heavy (non-hydrogen) atoms. The minimum absolute atomic E-state index is 0.0597. The van der Waals surface area contributed by atoms with Gasteiger partial charge in [0, 0.05) is 35.3 Å². The Morgan fingerprint density at radius 3 is 2.32 bits per heavy atom. The Morgan fingerprint density at radius 2 is 1.66 bits per heavy atom. The number of rotatable bonds is 7. The molecule has 0 spiro atoms. The Kier molecular flexibility index (Phi) is 8.20. The minimum Gasteiger partial charge on any atom is -0.507 e. The summed E-state index contributed by atoms with van der Waals surface area (Å²) >= 11 is 0. The highest BCUT2D eigenvalue weighted by atomic mass is 16.6. The fourth-order valence-electron chi connectivity index (χ4n) is 5.25. The summed E-state index contributed by atoms with van der Waals surface area (Å²) in [6, 6.07) is 11.2. The van der Waals surface area contributed by atoms with Gasteiger partial charge in [-0.25, -0.2) is 4.79 Å². The number of benzene rings is 3. The summed E-state index contributed by atoms with van der Waals surface area (Å²) in [6.07, 6.45) is -2.25. The van der Waals surface area contributed by atoms with Crippen LogP contribution in [-0.4, -0.2) is 63.3 Å². The molecule has 4 aromatic rings. The number of phenolic OH excluding ortho intramolecular Hbond substituents is 2. The molecule has 3 aromatic carbocycles. The van der Waals surface area contributed by atoms with Gasteiger partial charge in [0.2, 0.25) is 11.2 Å². The number of nitrogens with zero attached hydrogens (tertiary/aromatic N) is 1. The van der Waals surface area contributed by atoms with Gasteiger partial charge in [-0.2, -0.15) is 0 Å². The number of phenols is 2. The summed E-state index contributed by atoms with van der Waals surface area (Å²) in [4.78, 5) is 27.5. The van der Waals surface area contributed by atoms with E-state index in [1.54, 1.807) is 12.1 Å². The van der Waals surface area contributed by atoms with E-state index in [2.05, 4.69) is 0 Å². The van der Waals surface area contributed by atoms with Crippen LogP contribution in [0.1, 0.15) is 39.4 Å². The number of carbonyl (C=O) groups is 1. The lowest BCUT2D eigenvalue weighted by Gasteiger charge is -2.33. The Labute approximate surface area is 252 Å². The molecular weight excluding hydrogens is 574 g/mol. The van der Waals surface area contributed by atoms with Crippen LogP contribution in [0.5, 0.6) is 40.2 Å². The monoisotopic (exact) mass is 607 g/mol. The summed E-state index contributed by atoms with van der Waals surface area (Å²) in [7, 11) is 1.41. The van der Waals surface area contributed by atoms with Crippen molar-refractivity contribution in [3.8, 4) is 51.6 Å². The molecule has 0 aliphatic carbocycles. The van der Waals surface area contributed by atoms with E-state index in [0.717, 1.165) is 6.07 Å². The second kappa shape index (κ2) is 11.9. The second-order valence-electron chi connectivity index (χ2n) is 10.9. The van der Waals surface area contributed by atoms with Crippen LogP contribution in [0.3, 0.4) is 0 Å². The average molecular weight is 608 g/mol. The van der Waals surface area contributed by atoms with Gasteiger partial charge in [0.15, 0.2) is 41.0 Å². The van der Waals surface area contributed by atoms with Gasteiger partial charge >= 0.3 is 6.09 Å². The maximum Gasteiger partial charge on any atom is 0.415 e. The van der Waals surface area contributed by atoms with E-state index >= 15 is 0 Å². The molecule has 1 aromatic heterocycles. The number of aliphatic hydroxyl groups is 1. The number of hydrogen-bond acceptors (Lipinski definition) is 11. The fraction of sp³-hybridized carbons (Fsp3) is 0.312. The van der Waals surface area contributed by atoms with E-state index in [-0.39, 0.29) is 64.0 Å². The summed E-state index contributed by atoms with van der Waals surface area (Å²) in [5.74, 6) is -0.924. The smallest absolute Gasteiger partial charge is 0.415 e. The zero-order chi connectivity index (χ0) is 31.9. The number of ether oxygens (including phenoxy) is 4. The number of carbonyl (C=O) groups excluding carboxylic acids is 1. The van der Waals surface area contributed by atoms with Crippen LogP contribution in [0.2, 0.25) is 0 Å². The molecule has 4 N–H and O–H groups in total. The van der Waals surface area contributed by atoms with Crippen molar-refractivity contribution >= 4 is 17.1 Å². The standard InChI is InChI=1S/C32H33NO11/c1-15(2)33(16(3)4)32(39)41-19-12-21(36)27-25(13-19)44-31(29(38)28(27)37)18-7-9-22-24(11-18)43-30(26(14-34)42-22)17-6-8-20(35)23(10-17)40-5/h6-13,15-16,26,30,34-36,38H,14H2,1-5H3. The topological polar surface area (TPSA) is 168 Å². The van der Waals surface area contributed by atoms with Gasteiger partial charge in [-0.3, -0.25) is 4.79 Å². The van der Waals surface area contributed by atoms with Gasteiger partial charge in [-0.05, 0) is 58.0 Å². The third kappa shape index (κ3) is 5.51. The fourth-order valence-corrected chi connectivity index (χ4v) is 5.25. The molecule has 5 rings (SSSR count). The summed E-state index contributed by atoms with van der Waals surface area (Å²) in [6.45, 7) is 6.99. The van der Waals surface area contributed by atoms with Gasteiger partial charge in [-0.15, -0.1) is 0 Å². The lowest BCUT2D eigenvalue weighted by atomic mass is 10.0. The van der Waals surface area contributed by atoms with Crippen molar-refractivity contribution < 1.29 is 48.6 Å². The van der Waals surface area contributed by atoms with Crippen molar-refractivity contribution in [2.45, 2.75) is 52.0 Å². The average Bonchev–Trinajstić information content (AvgIpc) is 2.97. The number of aliphatic hydroxyl groups excluding tert-OH is 1. The molecule has 0 saturated carbocycles. The highest BCUT2D eigenvalue weighted by Gasteiger charge is 2.34. The van der Waals surface area contributed by atoms with Crippen LogP contribution in [0.15, 0.2) is 57.7 Å². The predicted molar refractivity (Wildman–Crippen MR) is 159 cm³/mol. The van der Waals surface area contributed by atoms with E-state index in [0.29, 0.717) is 11.3 Å². The Bertz CT molecular complexity index is 1770. The molecule has 1 aliphatic heterocycles. The third-order valence-corrected chi connectivity index (χ3v) is 7.24. The molecule has 2 atom stereocenters. The highest BCUT2D eigenvalue weighted by molar-refractivity contribution is 5.89. The van der Waals surface area contributed by atoms with E-state index < -0.39 is 35.2 Å². The largest absolute Gasteiger partial charge is 0.507 e. The molecule has 1 amide bonds. The van der Waals surface area contributed by atoms with E-state index in [4.69, 9.17) is 23.4 Å². The van der Waals surface area contributed by atoms with Crippen molar-refractivity contribution in [1.29, 1.82) is 0 Å². The molecule has 12 nitrogen and oxygen atoms in total. The van der Waals surface area contributed by atoms with Crippen LogP contribution in [-0.2, 0) is 0 Å². The van der Waals surface area contributed by atoms with Crippen LogP contribution >= 0.6 is 0 Å². The molecule has 0 bridgehead atoms. The molecule has 2 unspecified atom stereocenters. The molecule has 0 radical (unpaired) electrons. The molecule has 2 heterocycles. The molecule has 232 valence electrons. The SMILES string of the molecule is COc1cc(C2Oc3cc(-c4oc5cc(OC(=O)N(C(C)C)C(C)C)cc(O)c5c(=O)c4O)ccc3OC2CO)ccc1O. The Morgan fingerprint density at radius 1 is 0.932 bits per heavy atom. The summed E-state index contributed by atoms with van der Waals surface area (Å²) in [5, 5.41) is 41.2. The zero-order valence-corrected chi connectivity index (χ0v) is 24.7. The first kappa shape index (κ1) is 30.4. The number of amides is 1. The molecule has 1 aliphatic rings. The van der Waals surface area contributed by atoms with Crippen LogP contribution in [0.4, 0.5) is 4.79 Å². The van der Waals surface area contributed by atoms with E-state index in [9.17, 15) is 30.0 Å². The van der Waals surface area contributed by atoms with E-state index in [1.165, 1.54) is 42.3 Å². The maximum absolute atomic E-state index is 13.2. The van der Waals surface area contributed by atoms with Crippen molar-refractivity contribution in [3.05, 3.63) is 64.3 Å². The highest BCUT2D eigenvalue weighted by Crippen LogP contribution is 2.44. The molecule has 12 heteroatoms. The number of fused-ring (bicyclic) bond motifs is 2. The number of methoxy groups -OCH3 is 1. The number of hydrogen-bond donors (Lipinski definition) is 4. The summed E-state index contributed by atoms with van der Waals surface area (Å²) in [5.41, 5.74) is -0.232. The lowest BCUT2D eigenvalue weighted by Crippen LogP contribution is -2.43.